The Bertz CT molecular complexity index is 379. The van der Waals surface area contributed by atoms with Gasteiger partial charge in [-0.05, 0) is 18.2 Å². The molecule has 84 valence electrons. The quantitative estimate of drug-likeness (QED) is 0.460. The summed E-state index contributed by atoms with van der Waals surface area (Å²) in [5.41, 5.74) is 0.903. The molecule has 4 heteroatoms. The molecule has 0 bridgehead atoms. The maximum Gasteiger partial charge on any atom is 0.338 e. The highest BCUT2D eigenvalue weighted by molar-refractivity contribution is 5.90. The normalized spacial score (nSPS) is 10.3. The molecule has 0 aliphatic heterocycles. The first kappa shape index (κ1) is 12.1. The third-order valence-corrected chi connectivity index (χ3v) is 1.87. The molecule has 16 heavy (non-hydrogen) atoms. The van der Waals surface area contributed by atoms with Crippen molar-refractivity contribution in [2.45, 2.75) is 0 Å². The van der Waals surface area contributed by atoms with Gasteiger partial charge in [-0.25, -0.2) is 4.79 Å². The van der Waals surface area contributed by atoms with Crippen LogP contribution in [0.5, 0.6) is 0 Å². The van der Waals surface area contributed by atoms with Crippen molar-refractivity contribution in [3.63, 3.8) is 0 Å². The molecule has 1 N–H and O–H groups in total. The largest absolute Gasteiger partial charge is 0.458 e. The molecule has 0 aromatic heterocycles. The first-order chi connectivity index (χ1) is 7.77. The number of esters is 1. The van der Waals surface area contributed by atoms with Crippen LogP contribution in [0, 0.1) is 0 Å². The fourth-order valence-corrected chi connectivity index (χ4v) is 1.05. The summed E-state index contributed by atoms with van der Waals surface area (Å²) in [5.74, 6) is -0.458. The van der Waals surface area contributed by atoms with E-state index in [0.717, 1.165) is 0 Å². The lowest BCUT2D eigenvalue weighted by Gasteiger charge is -2.01. The van der Waals surface area contributed by atoms with Gasteiger partial charge in [0.2, 0.25) is 0 Å². The molecule has 1 rings (SSSR count). The third kappa shape index (κ3) is 3.67. The number of aliphatic hydroxyl groups is 1. The van der Waals surface area contributed by atoms with Gasteiger partial charge in [0.25, 0.3) is 0 Å². The summed E-state index contributed by atoms with van der Waals surface area (Å²) < 4.78 is 4.88. The first-order valence-corrected chi connectivity index (χ1v) is 4.76. The Morgan fingerprint density at radius 2 is 1.94 bits per heavy atom. The number of carbonyl (C=O) groups excluding carboxylic acids is 2. The van der Waals surface area contributed by atoms with Crippen LogP contribution in [0.2, 0.25) is 0 Å². The van der Waals surface area contributed by atoms with Gasteiger partial charge < -0.3 is 9.84 Å². The Hall–Kier alpha value is -1.94. The van der Waals surface area contributed by atoms with Crippen molar-refractivity contribution >= 4 is 12.3 Å². The average Bonchev–Trinajstić information content (AvgIpc) is 2.34. The van der Waals surface area contributed by atoms with Crippen LogP contribution >= 0.6 is 0 Å². The summed E-state index contributed by atoms with van der Waals surface area (Å²) in [6.45, 7) is 0.0421. The molecule has 0 radical (unpaired) electrons. The fourth-order valence-electron chi connectivity index (χ4n) is 1.05. The minimum absolute atomic E-state index is 0.0778. The van der Waals surface area contributed by atoms with Crippen molar-refractivity contribution in [3.05, 3.63) is 47.5 Å². The lowest BCUT2D eigenvalue weighted by Crippen LogP contribution is -2.05. The molecule has 0 fully saturated rings. The van der Waals surface area contributed by atoms with E-state index in [1.165, 1.54) is 18.2 Å². The Morgan fingerprint density at radius 3 is 2.50 bits per heavy atom. The van der Waals surface area contributed by atoms with Gasteiger partial charge in [0, 0.05) is 5.56 Å². The molecule has 0 spiro atoms. The molecule has 0 atom stereocenters. The molecule has 1 aromatic carbocycles. The summed E-state index contributed by atoms with van der Waals surface area (Å²) in [7, 11) is 0. The second kappa shape index (κ2) is 6.53. The summed E-state index contributed by atoms with van der Waals surface area (Å²) in [6, 6.07) is 6.16. The minimum atomic E-state index is -0.458. The first-order valence-electron chi connectivity index (χ1n) is 4.76. The molecule has 0 aliphatic carbocycles. The number of aliphatic hydroxyl groups excluding tert-OH is 1. The standard InChI is InChI=1S/C12H12O4/c13-7-1-2-8-16-12(15)11-5-3-10(9-14)4-6-11/h1-6,9,13H,7-8H2. The van der Waals surface area contributed by atoms with Crippen LogP contribution in [0.25, 0.3) is 0 Å². The molecule has 0 aliphatic rings. The molecule has 0 amide bonds. The molecular weight excluding hydrogens is 208 g/mol. The zero-order valence-corrected chi connectivity index (χ0v) is 8.63. The van der Waals surface area contributed by atoms with Crippen molar-refractivity contribution in [3.8, 4) is 0 Å². The van der Waals surface area contributed by atoms with Crippen LogP contribution in [0.1, 0.15) is 20.7 Å². The van der Waals surface area contributed by atoms with E-state index in [0.29, 0.717) is 17.4 Å². The topological polar surface area (TPSA) is 63.6 Å². The van der Waals surface area contributed by atoms with Gasteiger partial charge in [-0.15, -0.1) is 0 Å². The number of ether oxygens (including phenoxy) is 1. The highest BCUT2D eigenvalue weighted by atomic mass is 16.5. The Labute approximate surface area is 93.2 Å². The summed E-state index contributed by atoms with van der Waals surface area (Å²) in [5, 5.41) is 8.45. The molecule has 0 unspecified atom stereocenters. The van der Waals surface area contributed by atoms with E-state index >= 15 is 0 Å². The predicted octanol–water partition coefficient (Wildman–Crippen LogP) is 1.20. The van der Waals surface area contributed by atoms with Gasteiger partial charge in [-0.1, -0.05) is 18.2 Å². The van der Waals surface area contributed by atoms with Gasteiger partial charge >= 0.3 is 5.97 Å². The molecule has 1 aromatic rings. The maximum atomic E-state index is 11.4. The number of aldehydes is 1. The van der Waals surface area contributed by atoms with Crippen LogP contribution in [0.3, 0.4) is 0 Å². The van der Waals surface area contributed by atoms with E-state index in [1.54, 1.807) is 18.2 Å². The molecular formula is C12H12O4. The highest BCUT2D eigenvalue weighted by Crippen LogP contribution is 2.04. The summed E-state index contributed by atoms with van der Waals surface area (Å²) in [6.07, 6.45) is 3.75. The second-order valence-corrected chi connectivity index (χ2v) is 2.99. The lowest BCUT2D eigenvalue weighted by molar-refractivity contribution is 0.0548. The number of rotatable bonds is 5. The van der Waals surface area contributed by atoms with E-state index < -0.39 is 5.97 Å². The van der Waals surface area contributed by atoms with Crippen molar-refractivity contribution < 1.29 is 19.4 Å². The molecule has 0 saturated heterocycles. The Kier molecular flexibility index (Phi) is 4.95. The van der Waals surface area contributed by atoms with Crippen LogP contribution < -0.4 is 0 Å². The van der Waals surface area contributed by atoms with Crippen LogP contribution in [0.15, 0.2) is 36.4 Å². The van der Waals surface area contributed by atoms with Crippen LogP contribution in [-0.2, 0) is 4.74 Å². The minimum Gasteiger partial charge on any atom is -0.458 e. The number of carbonyl (C=O) groups is 2. The van der Waals surface area contributed by atoms with Gasteiger partial charge in [-0.2, -0.15) is 0 Å². The molecule has 0 saturated carbocycles. The second-order valence-electron chi connectivity index (χ2n) is 2.99. The SMILES string of the molecule is O=Cc1ccc(C(=O)OCC=CCO)cc1. The average molecular weight is 220 g/mol. The highest BCUT2D eigenvalue weighted by Gasteiger charge is 2.05. The Morgan fingerprint density at radius 1 is 1.25 bits per heavy atom. The van der Waals surface area contributed by atoms with E-state index in [2.05, 4.69) is 0 Å². The summed E-state index contributed by atoms with van der Waals surface area (Å²) >= 11 is 0. The lowest BCUT2D eigenvalue weighted by atomic mass is 10.1. The van der Waals surface area contributed by atoms with Gasteiger partial charge in [0.05, 0.1) is 12.2 Å². The van der Waals surface area contributed by atoms with E-state index in [4.69, 9.17) is 9.84 Å². The zero-order chi connectivity index (χ0) is 11.8. The van der Waals surface area contributed by atoms with Crippen LogP contribution in [-0.4, -0.2) is 30.6 Å². The van der Waals surface area contributed by atoms with Gasteiger partial charge in [0.1, 0.15) is 12.9 Å². The van der Waals surface area contributed by atoms with Gasteiger partial charge in [-0.3, -0.25) is 4.79 Å². The smallest absolute Gasteiger partial charge is 0.338 e. The molecule has 4 nitrogen and oxygen atoms in total. The van der Waals surface area contributed by atoms with Crippen molar-refractivity contribution in [2.24, 2.45) is 0 Å². The monoisotopic (exact) mass is 220 g/mol. The maximum absolute atomic E-state index is 11.4. The third-order valence-electron chi connectivity index (χ3n) is 1.87. The number of hydrogen-bond donors (Lipinski definition) is 1. The van der Waals surface area contributed by atoms with Crippen LogP contribution in [0.4, 0.5) is 0 Å². The fraction of sp³-hybridized carbons (Fsp3) is 0.167. The van der Waals surface area contributed by atoms with E-state index in [1.807, 2.05) is 0 Å². The molecule has 0 heterocycles. The summed E-state index contributed by atoms with van der Waals surface area (Å²) in [4.78, 5) is 21.8. The van der Waals surface area contributed by atoms with Crippen molar-refractivity contribution in [1.29, 1.82) is 0 Å². The Balaban J connectivity index is 2.52. The zero-order valence-electron chi connectivity index (χ0n) is 8.63. The van der Waals surface area contributed by atoms with E-state index in [9.17, 15) is 9.59 Å². The number of benzene rings is 1. The van der Waals surface area contributed by atoms with Gasteiger partial charge in [0.15, 0.2) is 0 Å². The van der Waals surface area contributed by atoms with Crippen molar-refractivity contribution in [1.82, 2.24) is 0 Å². The number of hydrogen-bond acceptors (Lipinski definition) is 4. The van der Waals surface area contributed by atoms with Crippen molar-refractivity contribution in [2.75, 3.05) is 13.2 Å². The predicted molar refractivity (Wildman–Crippen MR) is 58.3 cm³/mol. The van der Waals surface area contributed by atoms with E-state index in [-0.39, 0.29) is 13.2 Å².